The van der Waals surface area contributed by atoms with Crippen LogP contribution in [0.1, 0.15) is 26.5 Å². The van der Waals surface area contributed by atoms with E-state index in [-0.39, 0.29) is 28.2 Å². The van der Waals surface area contributed by atoms with E-state index in [1.165, 1.54) is 0 Å². The van der Waals surface area contributed by atoms with E-state index >= 15 is 0 Å². The molecule has 0 saturated carbocycles. The van der Waals surface area contributed by atoms with Crippen LogP contribution in [-0.4, -0.2) is 33.2 Å². The lowest BCUT2D eigenvalue weighted by atomic mass is 9.95. The van der Waals surface area contributed by atoms with Gasteiger partial charge in [-0.1, -0.05) is 71.7 Å². The molecule has 2 heterocycles. The summed E-state index contributed by atoms with van der Waals surface area (Å²) in [5, 5.41) is 4.26. The predicted molar refractivity (Wildman–Crippen MR) is 113 cm³/mol. The molecule has 0 atom stereocenters. The molecule has 5 nitrogen and oxygen atoms in total. The first-order valence-corrected chi connectivity index (χ1v) is 9.79. The van der Waals surface area contributed by atoms with Crippen LogP contribution in [0.15, 0.2) is 54.6 Å². The lowest BCUT2D eigenvalue weighted by molar-refractivity contribution is 0.0652. The summed E-state index contributed by atoms with van der Waals surface area (Å²) in [6.07, 6.45) is 0.509. The summed E-state index contributed by atoms with van der Waals surface area (Å²) >= 11 is 11.7. The number of hydrogen-bond donors (Lipinski definition) is 0. The molecule has 0 fully saturated rings. The fourth-order valence-electron chi connectivity index (χ4n) is 3.84. The van der Waals surface area contributed by atoms with Gasteiger partial charge in [-0.2, -0.15) is 0 Å². The molecule has 29 heavy (non-hydrogen) atoms. The second-order valence-corrected chi connectivity index (χ2v) is 7.53. The molecule has 0 N–H and O–H groups in total. The van der Waals surface area contributed by atoms with E-state index in [9.17, 15) is 9.59 Å². The van der Waals surface area contributed by atoms with Crippen molar-refractivity contribution >= 4 is 56.6 Å². The van der Waals surface area contributed by atoms with Crippen molar-refractivity contribution in [3.63, 3.8) is 0 Å². The molecule has 7 heteroatoms. The number of hydrogen-bond acceptors (Lipinski definition) is 4. The third-order valence-corrected chi connectivity index (χ3v) is 5.80. The smallest absolute Gasteiger partial charge is 0.271 e. The molecule has 142 valence electrons. The van der Waals surface area contributed by atoms with Crippen molar-refractivity contribution < 1.29 is 9.59 Å². The average molecular weight is 422 g/mol. The van der Waals surface area contributed by atoms with Crippen molar-refractivity contribution in [2.24, 2.45) is 0 Å². The average Bonchev–Trinajstić information content (AvgIpc) is 2.95. The van der Waals surface area contributed by atoms with Gasteiger partial charge < -0.3 is 0 Å². The van der Waals surface area contributed by atoms with Gasteiger partial charge in [-0.05, 0) is 39.6 Å². The Morgan fingerprint density at radius 2 is 1.24 bits per heavy atom. The second-order valence-electron chi connectivity index (χ2n) is 6.81. The molecule has 0 bridgehead atoms. The molecule has 1 aliphatic rings. The van der Waals surface area contributed by atoms with E-state index in [0.717, 1.165) is 32.0 Å². The molecule has 1 aromatic heterocycles. The Hall–Kier alpha value is -3.02. The van der Waals surface area contributed by atoms with Gasteiger partial charge in [-0.15, -0.1) is 0 Å². The van der Waals surface area contributed by atoms with E-state index in [1.54, 1.807) is 0 Å². The van der Waals surface area contributed by atoms with Crippen molar-refractivity contribution in [1.82, 2.24) is 14.9 Å². The van der Waals surface area contributed by atoms with Gasteiger partial charge in [0.05, 0.1) is 0 Å². The maximum atomic E-state index is 12.7. The van der Waals surface area contributed by atoms with E-state index < -0.39 is 11.8 Å². The first-order valence-electron chi connectivity index (χ1n) is 9.03. The molecular formula is C22H13Cl2N3O2. The second kappa shape index (κ2) is 6.79. The molecule has 5 rings (SSSR count). The number of carbonyl (C=O) groups excluding carboxylic acids is 2. The molecule has 4 aromatic rings. The summed E-state index contributed by atoms with van der Waals surface area (Å²) < 4.78 is 0. The Bertz CT molecular complexity index is 1240. The SMILES string of the molecule is O=C1c2nc(Cl)c(Cl)nc2C(=O)N1CCc1c2ccccc2cc2ccccc12. The summed E-state index contributed by atoms with van der Waals surface area (Å²) in [4.78, 5) is 34.5. The van der Waals surface area contributed by atoms with Crippen molar-refractivity contribution in [3.8, 4) is 0 Å². The molecule has 3 aromatic carbocycles. The van der Waals surface area contributed by atoms with Crippen LogP contribution in [0.2, 0.25) is 10.3 Å². The molecule has 0 spiro atoms. The van der Waals surface area contributed by atoms with Crippen LogP contribution < -0.4 is 0 Å². The van der Waals surface area contributed by atoms with Gasteiger partial charge in [0.25, 0.3) is 11.8 Å². The van der Waals surface area contributed by atoms with Crippen molar-refractivity contribution in [3.05, 3.63) is 81.9 Å². The summed E-state index contributed by atoms with van der Waals surface area (Å²) in [6, 6.07) is 18.3. The molecule has 1 aliphatic heterocycles. The molecule has 0 saturated heterocycles. The molecule has 0 radical (unpaired) electrons. The molecular weight excluding hydrogens is 409 g/mol. The highest BCUT2D eigenvalue weighted by Crippen LogP contribution is 2.30. The van der Waals surface area contributed by atoms with E-state index in [2.05, 4.69) is 40.3 Å². The normalized spacial score (nSPS) is 13.5. The van der Waals surface area contributed by atoms with Gasteiger partial charge in [-0.3, -0.25) is 14.5 Å². The molecule has 0 aliphatic carbocycles. The number of amides is 2. The highest BCUT2D eigenvalue weighted by molar-refractivity contribution is 6.40. The number of carbonyl (C=O) groups is 2. The minimum Gasteiger partial charge on any atom is -0.271 e. The van der Waals surface area contributed by atoms with Gasteiger partial charge in [0, 0.05) is 6.54 Å². The lowest BCUT2D eigenvalue weighted by Gasteiger charge is -2.16. The van der Waals surface area contributed by atoms with Gasteiger partial charge in [-0.25, -0.2) is 9.97 Å². The van der Waals surface area contributed by atoms with Gasteiger partial charge >= 0.3 is 0 Å². The molecule has 2 amide bonds. The lowest BCUT2D eigenvalue weighted by Crippen LogP contribution is -2.32. The van der Waals surface area contributed by atoms with Gasteiger partial charge in [0.2, 0.25) is 0 Å². The van der Waals surface area contributed by atoms with Crippen molar-refractivity contribution in [2.45, 2.75) is 6.42 Å². The van der Waals surface area contributed by atoms with E-state index in [4.69, 9.17) is 23.2 Å². The number of fused-ring (bicyclic) bond motifs is 3. The van der Waals surface area contributed by atoms with Crippen molar-refractivity contribution in [2.75, 3.05) is 6.54 Å². The molecule has 0 unspecified atom stereocenters. The summed E-state index contributed by atoms with van der Waals surface area (Å²) in [6.45, 7) is 0.211. The number of nitrogens with zero attached hydrogens (tertiary/aromatic N) is 3. The zero-order chi connectivity index (χ0) is 20.1. The number of rotatable bonds is 3. The Morgan fingerprint density at radius 3 is 1.76 bits per heavy atom. The van der Waals surface area contributed by atoms with Crippen molar-refractivity contribution in [1.29, 1.82) is 0 Å². The number of aromatic nitrogens is 2. The first-order chi connectivity index (χ1) is 14.0. The zero-order valence-electron chi connectivity index (χ0n) is 15.0. The Kier molecular flexibility index (Phi) is 4.23. The highest BCUT2D eigenvalue weighted by Gasteiger charge is 2.39. The standard InChI is InChI=1S/C22H13Cl2N3O2/c23-19-20(24)26-18-17(25-19)21(28)27(22(18)29)10-9-16-14-7-3-1-5-12(14)11-13-6-2-4-8-15(13)16/h1-8,11H,9-10H2. The minimum atomic E-state index is -0.499. The highest BCUT2D eigenvalue weighted by atomic mass is 35.5. The van der Waals surface area contributed by atoms with Crippen LogP contribution in [0.25, 0.3) is 21.5 Å². The van der Waals surface area contributed by atoms with Gasteiger partial charge in [0.15, 0.2) is 21.7 Å². The third kappa shape index (κ3) is 2.85. The zero-order valence-corrected chi connectivity index (χ0v) is 16.5. The largest absolute Gasteiger partial charge is 0.281 e. The van der Waals surface area contributed by atoms with Crippen LogP contribution in [0.4, 0.5) is 0 Å². The fraction of sp³-hybridized carbons (Fsp3) is 0.0909. The predicted octanol–water partition coefficient (Wildman–Crippen LogP) is 4.93. The Balaban J connectivity index is 1.54. The van der Waals surface area contributed by atoms with E-state index in [0.29, 0.717) is 6.42 Å². The minimum absolute atomic E-state index is 0.0489. The summed E-state index contributed by atoms with van der Waals surface area (Å²) in [5.41, 5.74) is 0.992. The van der Waals surface area contributed by atoms with E-state index in [1.807, 2.05) is 24.3 Å². The first kappa shape index (κ1) is 18.0. The number of halogens is 2. The van der Waals surface area contributed by atoms with Crippen LogP contribution in [0, 0.1) is 0 Å². The Morgan fingerprint density at radius 1 is 0.759 bits per heavy atom. The third-order valence-electron chi connectivity index (χ3n) is 5.18. The van der Waals surface area contributed by atoms with Crippen LogP contribution in [0.3, 0.4) is 0 Å². The van der Waals surface area contributed by atoms with Crippen LogP contribution in [-0.2, 0) is 6.42 Å². The Labute approximate surface area is 175 Å². The topological polar surface area (TPSA) is 63.2 Å². The number of imide groups is 1. The van der Waals surface area contributed by atoms with Crippen LogP contribution >= 0.6 is 23.2 Å². The maximum Gasteiger partial charge on any atom is 0.281 e. The summed E-state index contributed by atoms with van der Waals surface area (Å²) in [5.74, 6) is -0.999. The number of benzene rings is 3. The van der Waals surface area contributed by atoms with Crippen LogP contribution in [0.5, 0.6) is 0 Å². The van der Waals surface area contributed by atoms with Gasteiger partial charge in [0.1, 0.15) is 0 Å². The fourth-order valence-corrected chi connectivity index (χ4v) is 4.10. The maximum absolute atomic E-state index is 12.7. The summed E-state index contributed by atoms with van der Waals surface area (Å²) in [7, 11) is 0. The monoisotopic (exact) mass is 421 g/mol. The quantitative estimate of drug-likeness (QED) is 0.347.